The molecule has 0 aliphatic rings. The van der Waals surface area contributed by atoms with Crippen LogP contribution in [0.2, 0.25) is 0 Å². The first-order chi connectivity index (χ1) is 9.80. The van der Waals surface area contributed by atoms with Crippen molar-refractivity contribution in [3.63, 3.8) is 0 Å². The Labute approximate surface area is 128 Å². The predicted molar refractivity (Wildman–Crippen MR) is 84.3 cm³/mol. The maximum Gasteiger partial charge on any atom is 0.240 e. The van der Waals surface area contributed by atoms with Gasteiger partial charge < -0.3 is 0 Å². The first kappa shape index (κ1) is 17.7. The lowest BCUT2D eigenvalue weighted by molar-refractivity contribution is 0.320. The van der Waals surface area contributed by atoms with E-state index < -0.39 is 10.0 Å². The van der Waals surface area contributed by atoms with Crippen molar-refractivity contribution in [2.24, 2.45) is 5.41 Å². The Kier molecular flexibility index (Phi) is 6.38. The van der Waals surface area contributed by atoms with Gasteiger partial charge in [-0.3, -0.25) is 0 Å². The average molecular weight is 308 g/mol. The molecule has 0 spiro atoms. The van der Waals surface area contributed by atoms with Gasteiger partial charge in [-0.25, -0.2) is 13.1 Å². The Morgan fingerprint density at radius 1 is 1.19 bits per heavy atom. The summed E-state index contributed by atoms with van der Waals surface area (Å²) in [5.41, 5.74) is 0.392. The number of hydrogen-bond acceptors (Lipinski definition) is 3. The minimum Gasteiger partial charge on any atom is -0.211 e. The molecule has 0 amide bonds. The number of benzene rings is 1. The maximum atomic E-state index is 12.2. The van der Waals surface area contributed by atoms with Gasteiger partial charge in [0.15, 0.2) is 0 Å². The van der Waals surface area contributed by atoms with E-state index in [1.54, 1.807) is 0 Å². The topological polar surface area (TPSA) is 70.0 Å². The van der Waals surface area contributed by atoms with Crippen LogP contribution >= 0.6 is 0 Å². The lowest BCUT2D eigenvalue weighted by atomic mass is 9.87. The number of unbranched alkanes of at least 4 members (excludes halogenated alkanes) is 2. The van der Waals surface area contributed by atoms with Crippen LogP contribution in [-0.4, -0.2) is 15.0 Å². The summed E-state index contributed by atoms with van der Waals surface area (Å²) in [5, 5.41) is 8.73. The molecule has 0 bridgehead atoms. The van der Waals surface area contributed by atoms with E-state index in [4.69, 9.17) is 5.26 Å². The van der Waals surface area contributed by atoms with Crippen LogP contribution in [-0.2, 0) is 10.0 Å². The molecule has 0 aliphatic carbocycles. The molecule has 1 aromatic carbocycles. The van der Waals surface area contributed by atoms with Crippen LogP contribution in [0.4, 0.5) is 0 Å². The van der Waals surface area contributed by atoms with Crippen molar-refractivity contribution >= 4 is 10.0 Å². The standard InChI is InChI=1S/C16H24N2O2S/c1-4-5-6-11-16(2,3)13-18-21(19,20)15-9-7-14(12-17)8-10-15/h7-10,18H,4-6,11,13H2,1-3H3. The van der Waals surface area contributed by atoms with Crippen LogP contribution in [0.1, 0.15) is 52.0 Å². The van der Waals surface area contributed by atoms with Gasteiger partial charge in [0.2, 0.25) is 10.0 Å². The lowest BCUT2D eigenvalue weighted by Crippen LogP contribution is -2.34. The SMILES string of the molecule is CCCCCC(C)(C)CNS(=O)(=O)c1ccc(C#N)cc1. The molecule has 0 fully saturated rings. The summed E-state index contributed by atoms with van der Waals surface area (Å²) >= 11 is 0. The van der Waals surface area contributed by atoms with E-state index >= 15 is 0 Å². The molecule has 0 atom stereocenters. The monoisotopic (exact) mass is 308 g/mol. The largest absolute Gasteiger partial charge is 0.240 e. The van der Waals surface area contributed by atoms with Crippen molar-refractivity contribution in [1.29, 1.82) is 5.26 Å². The second-order valence-corrected chi connectivity index (χ2v) is 7.85. The van der Waals surface area contributed by atoms with Gasteiger partial charge in [-0.15, -0.1) is 0 Å². The molecule has 1 N–H and O–H groups in total. The van der Waals surface area contributed by atoms with Crippen LogP contribution in [0.5, 0.6) is 0 Å². The minimum absolute atomic E-state index is 0.0607. The van der Waals surface area contributed by atoms with Crippen molar-refractivity contribution in [1.82, 2.24) is 4.72 Å². The fourth-order valence-corrected chi connectivity index (χ4v) is 3.27. The third-order valence-corrected chi connectivity index (χ3v) is 4.91. The van der Waals surface area contributed by atoms with Gasteiger partial charge in [0.25, 0.3) is 0 Å². The Morgan fingerprint density at radius 3 is 2.33 bits per heavy atom. The van der Waals surface area contributed by atoms with E-state index in [2.05, 4.69) is 25.5 Å². The Bertz CT molecular complexity index is 584. The van der Waals surface area contributed by atoms with Gasteiger partial charge in [-0.05, 0) is 36.1 Å². The summed E-state index contributed by atoms with van der Waals surface area (Å²) < 4.78 is 27.1. The molecule has 0 saturated carbocycles. The molecular weight excluding hydrogens is 284 g/mol. The average Bonchev–Trinajstić information content (AvgIpc) is 2.46. The zero-order valence-electron chi connectivity index (χ0n) is 13.0. The highest BCUT2D eigenvalue weighted by molar-refractivity contribution is 7.89. The molecule has 0 heterocycles. The number of nitrogens with one attached hydrogen (secondary N) is 1. The Balaban J connectivity index is 2.65. The lowest BCUT2D eigenvalue weighted by Gasteiger charge is -2.24. The number of sulfonamides is 1. The summed E-state index contributed by atoms with van der Waals surface area (Å²) in [7, 11) is -3.51. The van der Waals surface area contributed by atoms with E-state index in [1.165, 1.54) is 30.7 Å². The number of nitriles is 1. The van der Waals surface area contributed by atoms with E-state index in [1.807, 2.05) is 6.07 Å². The van der Waals surface area contributed by atoms with Crippen LogP contribution in [0, 0.1) is 16.7 Å². The zero-order valence-corrected chi connectivity index (χ0v) is 13.8. The van der Waals surface area contributed by atoms with E-state index in [9.17, 15) is 8.42 Å². The van der Waals surface area contributed by atoms with Crippen LogP contribution < -0.4 is 4.72 Å². The van der Waals surface area contributed by atoms with Crippen molar-refractivity contribution < 1.29 is 8.42 Å². The highest BCUT2D eigenvalue weighted by Crippen LogP contribution is 2.23. The maximum absolute atomic E-state index is 12.2. The molecule has 1 aromatic rings. The number of nitrogens with zero attached hydrogens (tertiary/aromatic N) is 1. The Hall–Kier alpha value is -1.38. The molecule has 0 radical (unpaired) electrons. The minimum atomic E-state index is -3.51. The van der Waals surface area contributed by atoms with E-state index in [0.717, 1.165) is 19.3 Å². The smallest absolute Gasteiger partial charge is 0.211 e. The zero-order chi connectivity index (χ0) is 15.9. The van der Waals surface area contributed by atoms with Gasteiger partial charge >= 0.3 is 0 Å². The normalized spacial score (nSPS) is 12.1. The highest BCUT2D eigenvalue weighted by Gasteiger charge is 2.21. The predicted octanol–water partition coefficient (Wildman–Crippen LogP) is 3.44. The third-order valence-electron chi connectivity index (χ3n) is 3.49. The molecular formula is C16H24N2O2S. The van der Waals surface area contributed by atoms with Crippen LogP contribution in [0.3, 0.4) is 0 Å². The van der Waals surface area contributed by atoms with Crippen LogP contribution in [0.15, 0.2) is 29.2 Å². The first-order valence-electron chi connectivity index (χ1n) is 7.30. The molecule has 0 aromatic heterocycles. The number of rotatable bonds is 8. The van der Waals surface area contributed by atoms with E-state index in [-0.39, 0.29) is 10.3 Å². The molecule has 0 unspecified atom stereocenters. The summed E-state index contributed by atoms with van der Waals surface area (Å²) in [6.45, 7) is 6.72. The summed E-state index contributed by atoms with van der Waals surface area (Å²) in [5.74, 6) is 0. The molecule has 1 rings (SSSR count). The van der Waals surface area contributed by atoms with Crippen LogP contribution in [0.25, 0.3) is 0 Å². The first-order valence-corrected chi connectivity index (χ1v) is 8.79. The summed E-state index contributed by atoms with van der Waals surface area (Å²) in [6, 6.07) is 7.93. The Morgan fingerprint density at radius 2 is 1.81 bits per heavy atom. The van der Waals surface area contributed by atoms with Gasteiger partial charge in [0.1, 0.15) is 0 Å². The quantitative estimate of drug-likeness (QED) is 0.748. The number of hydrogen-bond donors (Lipinski definition) is 1. The molecule has 116 valence electrons. The summed E-state index contributed by atoms with van der Waals surface area (Å²) in [6.07, 6.45) is 4.44. The van der Waals surface area contributed by atoms with Crippen molar-refractivity contribution in [3.05, 3.63) is 29.8 Å². The van der Waals surface area contributed by atoms with Crippen molar-refractivity contribution in [2.75, 3.05) is 6.54 Å². The van der Waals surface area contributed by atoms with Gasteiger partial charge in [-0.2, -0.15) is 5.26 Å². The second kappa shape index (κ2) is 7.58. The second-order valence-electron chi connectivity index (χ2n) is 6.08. The van der Waals surface area contributed by atoms with Gasteiger partial charge in [0.05, 0.1) is 16.5 Å². The molecule has 5 heteroatoms. The fraction of sp³-hybridized carbons (Fsp3) is 0.562. The van der Waals surface area contributed by atoms with Crippen molar-refractivity contribution in [3.8, 4) is 6.07 Å². The fourth-order valence-electron chi connectivity index (χ4n) is 2.02. The molecule has 21 heavy (non-hydrogen) atoms. The molecule has 0 saturated heterocycles. The highest BCUT2D eigenvalue weighted by atomic mass is 32.2. The molecule has 0 aliphatic heterocycles. The molecule has 4 nitrogen and oxygen atoms in total. The van der Waals surface area contributed by atoms with E-state index in [0.29, 0.717) is 12.1 Å². The van der Waals surface area contributed by atoms with Crippen molar-refractivity contribution in [2.45, 2.75) is 51.3 Å². The van der Waals surface area contributed by atoms with Gasteiger partial charge in [0, 0.05) is 6.54 Å². The van der Waals surface area contributed by atoms with Gasteiger partial charge in [-0.1, -0.05) is 40.0 Å². The third kappa shape index (κ3) is 5.86. The summed E-state index contributed by atoms with van der Waals surface area (Å²) in [4.78, 5) is 0.200.